The number of carbonyl (C=O) groups is 1. The van der Waals surface area contributed by atoms with Gasteiger partial charge in [0.25, 0.3) is 0 Å². The number of hydrogen-bond donors (Lipinski definition) is 3. The SMILES string of the molecule is COC(=O)CC(O)C(O)c1ccc2sc(N)nc2c1. The summed E-state index contributed by atoms with van der Waals surface area (Å²) in [7, 11) is 1.23. The molecule has 2 unspecified atom stereocenters. The molecule has 1 aromatic carbocycles. The van der Waals surface area contributed by atoms with Crippen LogP contribution >= 0.6 is 11.3 Å². The lowest BCUT2D eigenvalue weighted by molar-refractivity contribution is -0.144. The Balaban J connectivity index is 2.20. The van der Waals surface area contributed by atoms with Crippen LogP contribution in [0.3, 0.4) is 0 Å². The minimum Gasteiger partial charge on any atom is -0.469 e. The van der Waals surface area contributed by atoms with Crippen molar-refractivity contribution in [2.24, 2.45) is 0 Å². The number of benzene rings is 1. The smallest absolute Gasteiger partial charge is 0.308 e. The summed E-state index contributed by atoms with van der Waals surface area (Å²) in [6, 6.07) is 5.09. The Bertz CT molecular complexity index is 598. The lowest BCUT2D eigenvalue weighted by atomic mass is 10.0. The Kier molecular flexibility index (Phi) is 3.98. The van der Waals surface area contributed by atoms with Crippen molar-refractivity contribution < 1.29 is 19.7 Å². The normalized spacial score (nSPS) is 14.3. The number of nitrogens with zero attached hydrogens (tertiary/aromatic N) is 1. The van der Waals surface area contributed by atoms with Crippen LogP contribution in [0.4, 0.5) is 5.13 Å². The van der Waals surface area contributed by atoms with E-state index in [4.69, 9.17) is 5.73 Å². The number of aliphatic hydroxyl groups is 2. The average Bonchev–Trinajstić information content (AvgIpc) is 2.76. The molecule has 0 aliphatic heterocycles. The molecule has 2 atom stereocenters. The molecule has 0 amide bonds. The van der Waals surface area contributed by atoms with Gasteiger partial charge in [0.05, 0.1) is 29.9 Å². The third-order valence-electron chi connectivity index (χ3n) is 2.74. The van der Waals surface area contributed by atoms with Gasteiger partial charge in [-0.1, -0.05) is 17.4 Å². The minimum atomic E-state index is -1.22. The first-order valence-electron chi connectivity index (χ1n) is 5.60. The molecule has 2 aromatic rings. The number of nitrogen functional groups attached to an aromatic ring is 1. The molecule has 0 aliphatic carbocycles. The molecular weight excluding hydrogens is 268 g/mol. The molecule has 19 heavy (non-hydrogen) atoms. The third-order valence-corrected chi connectivity index (χ3v) is 3.60. The molecule has 0 saturated carbocycles. The highest BCUT2D eigenvalue weighted by Crippen LogP contribution is 2.28. The second-order valence-electron chi connectivity index (χ2n) is 4.07. The number of aliphatic hydroxyl groups excluding tert-OH is 2. The predicted molar refractivity (Wildman–Crippen MR) is 71.6 cm³/mol. The number of ether oxygens (including phenoxy) is 1. The van der Waals surface area contributed by atoms with Gasteiger partial charge < -0.3 is 20.7 Å². The summed E-state index contributed by atoms with van der Waals surface area (Å²) in [6.07, 6.45) is -2.66. The topological polar surface area (TPSA) is 106 Å². The zero-order valence-electron chi connectivity index (χ0n) is 10.2. The van der Waals surface area contributed by atoms with Gasteiger partial charge in [-0.3, -0.25) is 4.79 Å². The van der Waals surface area contributed by atoms with E-state index in [0.717, 1.165) is 4.70 Å². The highest BCUT2D eigenvalue weighted by Gasteiger charge is 2.22. The van der Waals surface area contributed by atoms with Crippen LogP contribution < -0.4 is 5.73 Å². The lowest BCUT2D eigenvalue weighted by Crippen LogP contribution is -2.22. The lowest BCUT2D eigenvalue weighted by Gasteiger charge is -2.17. The number of esters is 1. The van der Waals surface area contributed by atoms with E-state index >= 15 is 0 Å². The van der Waals surface area contributed by atoms with E-state index in [-0.39, 0.29) is 6.42 Å². The van der Waals surface area contributed by atoms with Crippen LogP contribution in [0.25, 0.3) is 10.2 Å². The van der Waals surface area contributed by atoms with Crippen molar-refractivity contribution in [3.8, 4) is 0 Å². The molecular formula is C12H14N2O4S. The van der Waals surface area contributed by atoms with E-state index in [1.54, 1.807) is 18.2 Å². The fraction of sp³-hybridized carbons (Fsp3) is 0.333. The summed E-state index contributed by atoms with van der Waals surface area (Å²) in [5.74, 6) is -0.578. The van der Waals surface area contributed by atoms with Crippen molar-refractivity contribution >= 4 is 32.7 Å². The Hall–Kier alpha value is -1.70. The molecule has 7 heteroatoms. The van der Waals surface area contributed by atoms with Crippen LogP contribution in [0.2, 0.25) is 0 Å². The fourth-order valence-corrected chi connectivity index (χ4v) is 2.45. The van der Waals surface area contributed by atoms with Crippen molar-refractivity contribution in [2.75, 3.05) is 12.8 Å². The zero-order valence-corrected chi connectivity index (χ0v) is 11.1. The van der Waals surface area contributed by atoms with E-state index in [9.17, 15) is 15.0 Å². The molecule has 102 valence electrons. The van der Waals surface area contributed by atoms with E-state index in [1.807, 2.05) is 0 Å². The van der Waals surface area contributed by atoms with Crippen LogP contribution in [0, 0.1) is 0 Å². The van der Waals surface area contributed by atoms with Gasteiger partial charge in [-0.25, -0.2) is 4.98 Å². The number of rotatable bonds is 4. The number of thiazole rings is 1. The van der Waals surface area contributed by atoms with Crippen LogP contribution in [0.1, 0.15) is 18.1 Å². The predicted octanol–water partition coefficient (Wildman–Crippen LogP) is 0.836. The highest BCUT2D eigenvalue weighted by molar-refractivity contribution is 7.22. The molecule has 0 bridgehead atoms. The van der Waals surface area contributed by atoms with Crippen molar-refractivity contribution in [2.45, 2.75) is 18.6 Å². The largest absolute Gasteiger partial charge is 0.469 e. The zero-order chi connectivity index (χ0) is 14.0. The van der Waals surface area contributed by atoms with E-state index in [2.05, 4.69) is 9.72 Å². The number of aromatic nitrogens is 1. The Labute approximate surface area is 113 Å². The maximum Gasteiger partial charge on any atom is 0.308 e. The van der Waals surface area contributed by atoms with Gasteiger partial charge in [-0.05, 0) is 17.7 Å². The van der Waals surface area contributed by atoms with E-state index in [1.165, 1.54) is 18.4 Å². The molecule has 4 N–H and O–H groups in total. The summed E-state index contributed by atoms with van der Waals surface area (Å²) in [4.78, 5) is 15.2. The number of hydrogen-bond acceptors (Lipinski definition) is 7. The summed E-state index contributed by atoms with van der Waals surface area (Å²) >= 11 is 1.34. The summed E-state index contributed by atoms with van der Waals surface area (Å²) in [5, 5.41) is 20.2. The van der Waals surface area contributed by atoms with Gasteiger partial charge >= 0.3 is 5.97 Å². The molecule has 0 saturated heterocycles. The summed E-state index contributed by atoms with van der Waals surface area (Å²) in [6.45, 7) is 0. The Morgan fingerprint density at radius 1 is 1.53 bits per heavy atom. The standard InChI is InChI=1S/C12H14N2O4S/c1-18-10(16)5-8(15)11(17)6-2-3-9-7(4-6)14-12(13)19-9/h2-4,8,11,15,17H,5H2,1H3,(H2,13,14). The molecule has 0 radical (unpaired) electrons. The Morgan fingerprint density at radius 3 is 2.95 bits per heavy atom. The fourth-order valence-electron chi connectivity index (χ4n) is 1.73. The van der Waals surface area contributed by atoms with Crippen molar-refractivity contribution in [3.05, 3.63) is 23.8 Å². The van der Waals surface area contributed by atoms with Gasteiger partial charge in [0.15, 0.2) is 5.13 Å². The molecule has 0 aliphatic rings. The molecule has 0 fully saturated rings. The number of anilines is 1. The summed E-state index contributed by atoms with van der Waals surface area (Å²) in [5.41, 5.74) is 6.73. The molecule has 1 aromatic heterocycles. The van der Waals surface area contributed by atoms with Crippen LogP contribution in [-0.4, -0.2) is 34.4 Å². The molecule has 2 rings (SSSR count). The van der Waals surface area contributed by atoms with E-state index in [0.29, 0.717) is 16.2 Å². The molecule has 6 nitrogen and oxygen atoms in total. The van der Waals surface area contributed by atoms with Gasteiger partial charge in [0, 0.05) is 0 Å². The first-order valence-corrected chi connectivity index (χ1v) is 6.42. The quantitative estimate of drug-likeness (QED) is 0.717. The Morgan fingerprint density at radius 2 is 2.26 bits per heavy atom. The molecule has 0 spiro atoms. The number of carbonyl (C=O) groups excluding carboxylic acids is 1. The highest BCUT2D eigenvalue weighted by atomic mass is 32.1. The average molecular weight is 282 g/mol. The van der Waals surface area contributed by atoms with Crippen molar-refractivity contribution in [1.29, 1.82) is 0 Å². The first kappa shape index (κ1) is 13.7. The molecule has 1 heterocycles. The van der Waals surface area contributed by atoms with Crippen molar-refractivity contribution in [3.63, 3.8) is 0 Å². The van der Waals surface area contributed by atoms with Gasteiger partial charge in [0.2, 0.25) is 0 Å². The number of nitrogens with two attached hydrogens (primary N) is 1. The van der Waals surface area contributed by atoms with Gasteiger partial charge in [-0.15, -0.1) is 0 Å². The van der Waals surface area contributed by atoms with Gasteiger partial charge in [-0.2, -0.15) is 0 Å². The summed E-state index contributed by atoms with van der Waals surface area (Å²) < 4.78 is 5.34. The minimum absolute atomic E-state index is 0.269. The maximum absolute atomic E-state index is 11.1. The van der Waals surface area contributed by atoms with Crippen LogP contribution in [-0.2, 0) is 9.53 Å². The maximum atomic E-state index is 11.1. The second-order valence-corrected chi connectivity index (χ2v) is 5.13. The second kappa shape index (κ2) is 5.52. The van der Waals surface area contributed by atoms with Crippen LogP contribution in [0.5, 0.6) is 0 Å². The van der Waals surface area contributed by atoms with Gasteiger partial charge in [0.1, 0.15) is 6.10 Å². The number of methoxy groups -OCH3 is 1. The van der Waals surface area contributed by atoms with Crippen molar-refractivity contribution in [1.82, 2.24) is 4.98 Å². The number of fused-ring (bicyclic) bond motifs is 1. The van der Waals surface area contributed by atoms with Crippen LogP contribution in [0.15, 0.2) is 18.2 Å². The third kappa shape index (κ3) is 3.01. The first-order chi connectivity index (χ1) is 9.01. The monoisotopic (exact) mass is 282 g/mol. The van der Waals surface area contributed by atoms with E-state index < -0.39 is 18.2 Å².